The number of hydrogen-bond donors (Lipinski definition) is 2. The topological polar surface area (TPSA) is 66.8 Å². The number of carbonyl (C=O) groups is 1. The van der Waals surface area contributed by atoms with Gasteiger partial charge in [-0.1, -0.05) is 48.5 Å². The number of esters is 1. The molecular formula is C17H28O4. The van der Waals surface area contributed by atoms with Gasteiger partial charge in [0.2, 0.25) is 0 Å². The quantitative estimate of drug-likeness (QED) is 0.607. The van der Waals surface area contributed by atoms with Crippen molar-refractivity contribution in [2.24, 2.45) is 16.7 Å². The number of carbonyl (C=O) groups excluding carboxylic acids is 1. The molecular weight excluding hydrogens is 268 g/mol. The molecule has 0 saturated carbocycles. The highest BCUT2D eigenvalue weighted by Gasteiger charge is 2.49. The predicted molar refractivity (Wildman–Crippen MR) is 82.1 cm³/mol. The summed E-state index contributed by atoms with van der Waals surface area (Å²) in [6.45, 7) is 13.2. The van der Waals surface area contributed by atoms with E-state index >= 15 is 0 Å². The average Bonchev–Trinajstić information content (AvgIpc) is 2.27. The molecule has 0 spiro atoms. The lowest BCUT2D eigenvalue weighted by atomic mass is 9.66. The van der Waals surface area contributed by atoms with Gasteiger partial charge in [-0.2, -0.15) is 0 Å². The van der Waals surface area contributed by atoms with Gasteiger partial charge in [0.05, 0.1) is 0 Å². The van der Waals surface area contributed by atoms with E-state index in [4.69, 9.17) is 4.74 Å². The van der Waals surface area contributed by atoms with E-state index in [1.807, 2.05) is 41.5 Å². The molecule has 0 radical (unpaired) electrons. The smallest absolute Gasteiger partial charge is 0.310 e. The van der Waals surface area contributed by atoms with Crippen LogP contribution in [0.25, 0.3) is 0 Å². The summed E-state index contributed by atoms with van der Waals surface area (Å²) >= 11 is 0. The van der Waals surface area contributed by atoms with E-state index in [0.717, 1.165) is 0 Å². The minimum absolute atomic E-state index is 0.277. The van der Waals surface area contributed by atoms with Gasteiger partial charge in [-0.25, -0.2) is 0 Å². The third-order valence-electron chi connectivity index (χ3n) is 3.71. The van der Waals surface area contributed by atoms with Gasteiger partial charge < -0.3 is 14.9 Å². The molecule has 0 bridgehead atoms. The van der Waals surface area contributed by atoms with E-state index < -0.39 is 22.5 Å². The Morgan fingerprint density at radius 2 is 1.76 bits per heavy atom. The van der Waals surface area contributed by atoms with Crippen LogP contribution in [-0.2, 0) is 9.53 Å². The lowest BCUT2D eigenvalue weighted by Crippen LogP contribution is -2.49. The van der Waals surface area contributed by atoms with E-state index in [0.29, 0.717) is 11.3 Å². The first kappa shape index (κ1) is 17.9. The maximum Gasteiger partial charge on any atom is 0.310 e. The van der Waals surface area contributed by atoms with Crippen molar-refractivity contribution in [2.75, 3.05) is 0 Å². The second-order valence-electron chi connectivity index (χ2n) is 7.77. The molecule has 2 N–H and O–H groups in total. The van der Waals surface area contributed by atoms with Gasteiger partial charge in [0.15, 0.2) is 5.79 Å². The fraction of sp³-hybridized carbons (Fsp3) is 0.706. The van der Waals surface area contributed by atoms with E-state index in [1.165, 1.54) is 0 Å². The van der Waals surface area contributed by atoms with Crippen molar-refractivity contribution in [2.45, 2.75) is 60.7 Å². The average molecular weight is 296 g/mol. The Hall–Kier alpha value is -1.13. The molecule has 1 atom stereocenters. The first-order valence-electron chi connectivity index (χ1n) is 7.40. The minimum atomic E-state index is -1.96. The van der Waals surface area contributed by atoms with Crippen LogP contribution in [-0.4, -0.2) is 22.0 Å². The molecule has 4 nitrogen and oxygen atoms in total. The van der Waals surface area contributed by atoms with Crippen LogP contribution in [0.3, 0.4) is 0 Å². The van der Waals surface area contributed by atoms with E-state index in [2.05, 4.69) is 0 Å². The first-order chi connectivity index (χ1) is 9.30. The van der Waals surface area contributed by atoms with E-state index in [-0.39, 0.29) is 12.4 Å². The largest absolute Gasteiger partial charge is 0.427 e. The fourth-order valence-electron chi connectivity index (χ4n) is 2.63. The maximum absolute atomic E-state index is 11.5. The summed E-state index contributed by atoms with van der Waals surface area (Å²) in [5.41, 5.74) is -0.389. The molecule has 0 saturated heterocycles. The van der Waals surface area contributed by atoms with E-state index in [1.54, 1.807) is 19.1 Å². The SMILES string of the molecule is CCC(=O)OC1=CC(C(C)(C)C)C(O)(O)C(C(C)(C)C)=C1. The Bertz CT molecular complexity index is 470. The summed E-state index contributed by atoms with van der Waals surface area (Å²) in [4.78, 5) is 11.5. The van der Waals surface area contributed by atoms with Crippen molar-refractivity contribution >= 4 is 5.97 Å². The standard InChI is InChI=1S/C17H28O4/c1-8-14(18)21-11-9-12(15(2,3)4)17(19,20)13(10-11)16(5,6)7/h9-10,12,19-20H,8H2,1-7H3. The molecule has 1 aliphatic rings. The second kappa shape index (κ2) is 5.58. The molecule has 4 heteroatoms. The van der Waals surface area contributed by atoms with Crippen molar-refractivity contribution < 1.29 is 19.7 Å². The molecule has 21 heavy (non-hydrogen) atoms. The highest BCUT2D eigenvalue weighted by atomic mass is 16.5. The number of allylic oxidation sites excluding steroid dienone is 1. The molecule has 0 aliphatic heterocycles. The van der Waals surface area contributed by atoms with Gasteiger partial charge in [0, 0.05) is 12.3 Å². The summed E-state index contributed by atoms with van der Waals surface area (Å²) in [5.74, 6) is -2.46. The van der Waals surface area contributed by atoms with Crippen molar-refractivity contribution in [3.63, 3.8) is 0 Å². The predicted octanol–water partition coefficient (Wildman–Crippen LogP) is 3.15. The number of rotatable bonds is 2. The molecule has 0 heterocycles. The molecule has 0 amide bonds. The number of aliphatic hydroxyl groups is 2. The van der Waals surface area contributed by atoms with Crippen molar-refractivity contribution in [1.29, 1.82) is 0 Å². The molecule has 0 aromatic rings. The number of hydrogen-bond acceptors (Lipinski definition) is 4. The summed E-state index contributed by atoms with van der Waals surface area (Å²) in [6.07, 6.45) is 3.50. The van der Waals surface area contributed by atoms with Crippen molar-refractivity contribution in [3.8, 4) is 0 Å². The third kappa shape index (κ3) is 3.95. The molecule has 0 fully saturated rings. The van der Waals surface area contributed by atoms with E-state index in [9.17, 15) is 15.0 Å². The summed E-state index contributed by atoms with van der Waals surface area (Å²) in [6, 6.07) is 0. The van der Waals surface area contributed by atoms with Crippen LogP contribution in [0, 0.1) is 16.7 Å². The monoisotopic (exact) mass is 296 g/mol. The van der Waals surface area contributed by atoms with Crippen molar-refractivity contribution in [3.05, 3.63) is 23.5 Å². The van der Waals surface area contributed by atoms with Crippen molar-refractivity contribution in [1.82, 2.24) is 0 Å². The Balaban J connectivity index is 3.36. The molecule has 0 aromatic carbocycles. The Morgan fingerprint density at radius 1 is 1.24 bits per heavy atom. The highest BCUT2D eigenvalue weighted by Crippen LogP contribution is 2.47. The van der Waals surface area contributed by atoms with Crippen LogP contribution >= 0.6 is 0 Å². The summed E-state index contributed by atoms with van der Waals surface area (Å²) < 4.78 is 5.31. The van der Waals surface area contributed by atoms with Gasteiger partial charge >= 0.3 is 5.97 Å². The molecule has 1 aliphatic carbocycles. The summed E-state index contributed by atoms with van der Waals surface area (Å²) in [5, 5.41) is 21.4. The van der Waals surface area contributed by atoms with Crippen LogP contribution in [0.2, 0.25) is 0 Å². The van der Waals surface area contributed by atoms with Gasteiger partial charge in [0.25, 0.3) is 0 Å². The maximum atomic E-state index is 11.5. The number of ether oxygens (including phenoxy) is 1. The first-order valence-corrected chi connectivity index (χ1v) is 7.40. The molecule has 0 aromatic heterocycles. The van der Waals surface area contributed by atoms with Gasteiger partial charge in [0.1, 0.15) is 5.76 Å². The van der Waals surface area contributed by atoms with Crippen LogP contribution in [0.4, 0.5) is 0 Å². The Morgan fingerprint density at radius 3 is 2.14 bits per heavy atom. The lowest BCUT2D eigenvalue weighted by Gasteiger charge is -2.45. The zero-order chi connectivity index (χ0) is 16.6. The molecule has 120 valence electrons. The lowest BCUT2D eigenvalue weighted by molar-refractivity contribution is -0.189. The highest BCUT2D eigenvalue weighted by molar-refractivity contribution is 5.70. The Labute approximate surface area is 127 Å². The third-order valence-corrected chi connectivity index (χ3v) is 3.71. The van der Waals surface area contributed by atoms with Crippen LogP contribution in [0.1, 0.15) is 54.9 Å². The normalized spacial score (nSPS) is 22.4. The zero-order valence-corrected chi connectivity index (χ0v) is 14.2. The Kier molecular flexibility index (Phi) is 4.76. The van der Waals surface area contributed by atoms with Gasteiger partial charge in [-0.15, -0.1) is 0 Å². The minimum Gasteiger partial charge on any atom is -0.427 e. The van der Waals surface area contributed by atoms with Crippen LogP contribution < -0.4 is 0 Å². The summed E-state index contributed by atoms with van der Waals surface area (Å²) in [7, 11) is 0. The van der Waals surface area contributed by atoms with Crippen LogP contribution in [0.15, 0.2) is 23.5 Å². The molecule has 1 unspecified atom stereocenters. The van der Waals surface area contributed by atoms with Gasteiger partial charge in [-0.05, 0) is 28.6 Å². The van der Waals surface area contributed by atoms with Gasteiger partial charge in [-0.3, -0.25) is 4.79 Å². The second-order valence-corrected chi connectivity index (χ2v) is 7.77. The van der Waals surface area contributed by atoms with Crippen LogP contribution in [0.5, 0.6) is 0 Å². The zero-order valence-electron chi connectivity index (χ0n) is 14.2. The fourth-order valence-corrected chi connectivity index (χ4v) is 2.63. The molecule has 1 rings (SSSR count).